The van der Waals surface area contributed by atoms with Crippen molar-refractivity contribution in [1.29, 1.82) is 0 Å². The summed E-state index contributed by atoms with van der Waals surface area (Å²) in [4.78, 5) is 9.44. The van der Waals surface area contributed by atoms with Gasteiger partial charge in [-0.2, -0.15) is 0 Å². The molecule has 1 saturated heterocycles. The lowest BCUT2D eigenvalue weighted by Crippen LogP contribution is -2.47. The predicted octanol–water partition coefficient (Wildman–Crippen LogP) is 3.75. The van der Waals surface area contributed by atoms with Crippen molar-refractivity contribution in [2.75, 3.05) is 50.9 Å². The number of aromatic nitrogens is 1. The molecule has 1 fully saturated rings. The van der Waals surface area contributed by atoms with Crippen LogP contribution >= 0.6 is 0 Å². The van der Waals surface area contributed by atoms with Crippen molar-refractivity contribution in [1.82, 2.24) is 9.88 Å². The lowest BCUT2D eigenvalue weighted by molar-refractivity contribution is 0.232. The summed E-state index contributed by atoms with van der Waals surface area (Å²) in [6, 6.07) is 12.4. The van der Waals surface area contributed by atoms with Crippen molar-refractivity contribution in [3.8, 4) is 5.75 Å². The SMILES string of the molecule is [18F]CCOc1ccc2c(c1)CC(CCN1CCN(c3ccccn3)CC1)CC2. The van der Waals surface area contributed by atoms with E-state index < -0.39 is 6.67 Å². The smallest absolute Gasteiger partial charge is 0.128 e. The van der Waals surface area contributed by atoms with Gasteiger partial charge in [0.05, 0.1) is 0 Å². The van der Waals surface area contributed by atoms with Gasteiger partial charge in [-0.05, 0) is 73.5 Å². The molecule has 0 amide bonds. The van der Waals surface area contributed by atoms with Crippen LogP contribution in [0.1, 0.15) is 24.0 Å². The van der Waals surface area contributed by atoms with E-state index in [-0.39, 0.29) is 6.61 Å². The van der Waals surface area contributed by atoms with Crippen LogP contribution in [-0.4, -0.2) is 55.9 Å². The highest BCUT2D eigenvalue weighted by atomic mass is 18.2. The summed E-state index contributed by atoms with van der Waals surface area (Å²) in [5.41, 5.74) is 2.83. The van der Waals surface area contributed by atoms with E-state index in [1.54, 1.807) is 0 Å². The summed E-state index contributed by atoms with van der Waals surface area (Å²) in [7, 11) is 0. The average molecular weight is 383 g/mol. The second kappa shape index (κ2) is 9.37. The number of halogens is 1. The third kappa shape index (κ3) is 4.82. The Morgan fingerprint density at radius 1 is 1.07 bits per heavy atom. The van der Waals surface area contributed by atoms with Gasteiger partial charge in [0, 0.05) is 32.4 Å². The van der Waals surface area contributed by atoms with E-state index in [0.29, 0.717) is 0 Å². The lowest BCUT2D eigenvalue weighted by atomic mass is 9.82. The summed E-state index contributed by atoms with van der Waals surface area (Å²) >= 11 is 0. The van der Waals surface area contributed by atoms with Crippen molar-refractivity contribution in [2.24, 2.45) is 5.92 Å². The third-order valence-corrected chi connectivity index (χ3v) is 6.05. The number of hydrogen-bond acceptors (Lipinski definition) is 4. The van der Waals surface area contributed by atoms with E-state index in [2.05, 4.69) is 39.0 Å². The summed E-state index contributed by atoms with van der Waals surface area (Å²) in [6.45, 7) is 5.22. The monoisotopic (exact) mass is 382 g/mol. The summed E-state index contributed by atoms with van der Waals surface area (Å²) in [6.07, 6.45) is 6.66. The zero-order valence-electron chi connectivity index (χ0n) is 16.5. The fourth-order valence-electron chi connectivity index (χ4n) is 4.41. The third-order valence-electron chi connectivity index (χ3n) is 6.05. The number of piperazine rings is 1. The van der Waals surface area contributed by atoms with Gasteiger partial charge in [0.25, 0.3) is 0 Å². The van der Waals surface area contributed by atoms with Crippen molar-refractivity contribution in [3.05, 3.63) is 53.7 Å². The Bertz CT molecular complexity index is 747. The van der Waals surface area contributed by atoms with Gasteiger partial charge in [0.15, 0.2) is 0 Å². The highest BCUT2D eigenvalue weighted by Crippen LogP contribution is 2.30. The molecule has 0 bridgehead atoms. The van der Waals surface area contributed by atoms with Crippen molar-refractivity contribution in [3.63, 3.8) is 0 Å². The number of pyridine rings is 1. The molecule has 150 valence electrons. The normalized spacial score (nSPS) is 20.0. The maximum absolute atomic E-state index is 12.3. The molecule has 4 nitrogen and oxygen atoms in total. The molecule has 1 aliphatic heterocycles. The molecule has 1 aromatic carbocycles. The first-order chi connectivity index (χ1) is 13.8. The fraction of sp³-hybridized carbons (Fsp3) is 0.522. The Kier molecular flexibility index (Phi) is 6.42. The molecule has 0 saturated carbocycles. The van der Waals surface area contributed by atoms with Crippen LogP contribution in [0.25, 0.3) is 0 Å². The Morgan fingerprint density at radius 3 is 2.75 bits per heavy atom. The van der Waals surface area contributed by atoms with Crippen molar-refractivity contribution < 1.29 is 9.13 Å². The zero-order valence-corrected chi connectivity index (χ0v) is 16.5. The minimum Gasteiger partial charge on any atom is -0.491 e. The molecule has 2 heterocycles. The van der Waals surface area contributed by atoms with Gasteiger partial charge < -0.3 is 9.64 Å². The lowest BCUT2D eigenvalue weighted by Gasteiger charge is -2.36. The topological polar surface area (TPSA) is 28.6 Å². The first kappa shape index (κ1) is 19.2. The van der Waals surface area contributed by atoms with Gasteiger partial charge in [0.1, 0.15) is 24.8 Å². The van der Waals surface area contributed by atoms with Crippen LogP contribution < -0.4 is 9.64 Å². The first-order valence-corrected chi connectivity index (χ1v) is 10.5. The van der Waals surface area contributed by atoms with E-state index in [1.807, 2.05) is 18.3 Å². The van der Waals surface area contributed by atoms with Gasteiger partial charge in [-0.3, -0.25) is 4.90 Å². The molecule has 2 aliphatic rings. The number of benzene rings is 1. The molecule has 1 aromatic heterocycles. The molecular formula is C23H30FN3O. The molecule has 4 rings (SSSR count). The summed E-state index contributed by atoms with van der Waals surface area (Å²) in [5.74, 6) is 2.64. The molecule has 0 radical (unpaired) electrons. The predicted molar refractivity (Wildman–Crippen MR) is 111 cm³/mol. The largest absolute Gasteiger partial charge is 0.491 e. The number of alkyl halides is 1. The van der Waals surface area contributed by atoms with Gasteiger partial charge in [-0.1, -0.05) is 12.1 Å². The number of rotatable bonds is 7. The summed E-state index contributed by atoms with van der Waals surface area (Å²) in [5, 5.41) is 0. The minimum absolute atomic E-state index is 0.146. The molecule has 1 aliphatic carbocycles. The quantitative estimate of drug-likeness (QED) is 0.729. The van der Waals surface area contributed by atoms with Gasteiger partial charge in [0.2, 0.25) is 0 Å². The maximum Gasteiger partial charge on any atom is 0.128 e. The molecule has 0 spiro atoms. The van der Waals surface area contributed by atoms with Crippen molar-refractivity contribution >= 4 is 5.82 Å². The van der Waals surface area contributed by atoms with Crippen LogP contribution in [0.15, 0.2) is 42.6 Å². The van der Waals surface area contributed by atoms with Crippen LogP contribution in [0.4, 0.5) is 10.2 Å². The van der Waals surface area contributed by atoms with E-state index in [9.17, 15) is 4.39 Å². The molecule has 1 unspecified atom stereocenters. The highest BCUT2D eigenvalue weighted by Gasteiger charge is 2.22. The van der Waals surface area contributed by atoms with Gasteiger partial charge in [-0.25, -0.2) is 9.37 Å². The summed E-state index contributed by atoms with van der Waals surface area (Å²) < 4.78 is 17.8. The second-order valence-corrected chi connectivity index (χ2v) is 7.88. The van der Waals surface area contributed by atoms with Crippen LogP contribution in [0.3, 0.4) is 0 Å². The van der Waals surface area contributed by atoms with Crippen LogP contribution in [0.2, 0.25) is 0 Å². The average Bonchev–Trinajstić information content (AvgIpc) is 2.77. The standard InChI is InChI=1S/C23H30FN3O/c24-9-16-28-22-7-6-20-5-4-19(17-21(20)18-22)8-11-26-12-14-27(15-13-26)23-3-1-2-10-25-23/h1-3,6-7,10,18-19H,4-5,8-9,11-17H2/i24-1. The Hall–Kier alpha value is -2.14. The van der Waals surface area contributed by atoms with E-state index in [0.717, 1.165) is 56.5 Å². The Morgan fingerprint density at radius 2 is 1.96 bits per heavy atom. The Balaban J connectivity index is 1.24. The van der Waals surface area contributed by atoms with Crippen LogP contribution in [0, 0.1) is 5.92 Å². The van der Waals surface area contributed by atoms with Crippen LogP contribution in [0.5, 0.6) is 5.75 Å². The maximum atomic E-state index is 12.3. The number of hydrogen-bond donors (Lipinski definition) is 0. The van der Waals surface area contributed by atoms with E-state index >= 15 is 0 Å². The van der Waals surface area contributed by atoms with E-state index in [1.165, 1.54) is 30.5 Å². The zero-order chi connectivity index (χ0) is 19.2. The minimum atomic E-state index is -0.437. The Labute approximate surface area is 167 Å². The van der Waals surface area contributed by atoms with E-state index in [4.69, 9.17) is 4.74 Å². The first-order valence-electron chi connectivity index (χ1n) is 10.5. The number of nitrogens with zero attached hydrogens (tertiary/aromatic N) is 3. The molecular weight excluding hydrogens is 352 g/mol. The molecule has 5 heteroatoms. The number of ether oxygens (including phenoxy) is 1. The van der Waals surface area contributed by atoms with Gasteiger partial charge in [-0.15, -0.1) is 0 Å². The van der Waals surface area contributed by atoms with Crippen LogP contribution in [-0.2, 0) is 12.8 Å². The number of aryl methyl sites for hydroxylation is 1. The van der Waals surface area contributed by atoms with Crippen molar-refractivity contribution in [2.45, 2.75) is 25.7 Å². The molecule has 28 heavy (non-hydrogen) atoms. The second-order valence-electron chi connectivity index (χ2n) is 7.88. The number of fused-ring (bicyclic) bond motifs is 1. The highest BCUT2D eigenvalue weighted by molar-refractivity contribution is 5.38. The fourth-order valence-corrected chi connectivity index (χ4v) is 4.41. The molecule has 2 aromatic rings. The number of anilines is 1. The molecule has 1 atom stereocenters. The van der Waals surface area contributed by atoms with Gasteiger partial charge >= 0.3 is 0 Å². The molecule has 0 N–H and O–H groups in total.